The number of alkyl halides is 3. The largest absolute Gasteiger partial charge is 0.507 e. The highest BCUT2D eigenvalue weighted by molar-refractivity contribution is 8.00. The molecule has 0 unspecified atom stereocenters. The fourth-order valence-electron chi connectivity index (χ4n) is 5.05. The summed E-state index contributed by atoms with van der Waals surface area (Å²) in [6.07, 6.45) is -9.15. The first-order chi connectivity index (χ1) is 20.6. The van der Waals surface area contributed by atoms with Crippen LogP contribution < -0.4 is 5.43 Å². The van der Waals surface area contributed by atoms with E-state index in [-0.39, 0.29) is 33.8 Å². The predicted molar refractivity (Wildman–Crippen MR) is 147 cm³/mol. The van der Waals surface area contributed by atoms with E-state index >= 15 is 0 Å². The zero-order chi connectivity index (χ0) is 32.6. The van der Waals surface area contributed by atoms with Crippen LogP contribution in [0.15, 0.2) is 56.8 Å². The van der Waals surface area contributed by atoms with Crippen LogP contribution in [0.25, 0.3) is 11.0 Å². The van der Waals surface area contributed by atoms with Crippen LogP contribution in [-0.2, 0) is 45.4 Å². The van der Waals surface area contributed by atoms with Gasteiger partial charge < -0.3 is 33.6 Å². The van der Waals surface area contributed by atoms with E-state index in [1.165, 1.54) is 30.3 Å². The van der Waals surface area contributed by atoms with Crippen molar-refractivity contribution < 1.29 is 61.1 Å². The molecule has 0 saturated carbocycles. The van der Waals surface area contributed by atoms with E-state index in [1.54, 1.807) is 6.92 Å². The number of hydrogen-bond acceptors (Lipinski definition) is 12. The van der Waals surface area contributed by atoms with Crippen molar-refractivity contribution in [2.24, 2.45) is 0 Å². The maximum Gasteiger partial charge on any atom is 0.432 e. The van der Waals surface area contributed by atoms with Crippen molar-refractivity contribution in [3.8, 4) is 5.75 Å². The standard InChI is InChI=1S/C29H27F3O11S/c1-14-10-17(33)21-18(11-14)42-24-16(22(21)34)12-20(44-24)27(38,25(36)40-3)13-19(23(35)39-2)43-26(37)28(41-4,29(30,31)32)15-8-6-5-7-9-15/h5-11,19-20,33,38H,12-13H2,1-4H3/t19-,20+,27+,28+/m1/s1. The Balaban J connectivity index is 1.74. The van der Waals surface area contributed by atoms with Crippen LogP contribution in [0, 0.1) is 6.92 Å². The lowest BCUT2D eigenvalue weighted by atomic mass is 9.88. The van der Waals surface area contributed by atoms with E-state index in [2.05, 4.69) is 4.74 Å². The third kappa shape index (κ3) is 5.50. The fourth-order valence-corrected chi connectivity index (χ4v) is 6.40. The highest BCUT2D eigenvalue weighted by atomic mass is 32.2. The Bertz CT molecular complexity index is 1660. The van der Waals surface area contributed by atoms with Crippen LogP contribution in [0.1, 0.15) is 23.1 Å². The number of hydrogen-bond donors (Lipinski definition) is 2. The van der Waals surface area contributed by atoms with Crippen molar-refractivity contribution in [3.63, 3.8) is 0 Å². The number of aromatic hydroxyl groups is 1. The topological polar surface area (TPSA) is 159 Å². The molecule has 15 heteroatoms. The second-order valence-electron chi connectivity index (χ2n) is 9.95. The van der Waals surface area contributed by atoms with E-state index < -0.39 is 64.1 Å². The number of fused-ring (bicyclic) bond motifs is 2. The molecule has 11 nitrogen and oxygen atoms in total. The molecule has 0 bridgehead atoms. The lowest BCUT2D eigenvalue weighted by Gasteiger charge is -2.35. The first-order valence-corrected chi connectivity index (χ1v) is 13.8. The Labute approximate surface area is 251 Å². The summed E-state index contributed by atoms with van der Waals surface area (Å²) >= 11 is 0.722. The summed E-state index contributed by atoms with van der Waals surface area (Å²) in [5, 5.41) is 20.6. The second-order valence-corrected chi connectivity index (χ2v) is 11.1. The maximum atomic E-state index is 14.4. The molecule has 44 heavy (non-hydrogen) atoms. The second kappa shape index (κ2) is 12.1. The van der Waals surface area contributed by atoms with E-state index in [9.17, 15) is 42.6 Å². The zero-order valence-corrected chi connectivity index (χ0v) is 24.5. The number of methoxy groups -OCH3 is 3. The van der Waals surface area contributed by atoms with Crippen LogP contribution in [0.2, 0.25) is 0 Å². The number of ether oxygens (including phenoxy) is 4. The number of thioether (sulfide) groups is 1. The molecule has 4 rings (SSSR count). The summed E-state index contributed by atoms with van der Waals surface area (Å²) in [6, 6.07) is 8.64. The summed E-state index contributed by atoms with van der Waals surface area (Å²) in [5.41, 5.74) is -7.15. The van der Waals surface area contributed by atoms with Gasteiger partial charge in [-0.25, -0.2) is 14.4 Å². The van der Waals surface area contributed by atoms with Crippen molar-refractivity contribution in [2.75, 3.05) is 21.3 Å². The number of halogens is 3. The molecule has 0 radical (unpaired) electrons. The van der Waals surface area contributed by atoms with Gasteiger partial charge in [0, 0.05) is 19.1 Å². The highest BCUT2D eigenvalue weighted by Gasteiger charge is 2.65. The molecule has 1 aliphatic heterocycles. The molecule has 0 aliphatic carbocycles. The average molecular weight is 641 g/mol. The summed E-state index contributed by atoms with van der Waals surface area (Å²) in [5.74, 6) is -5.17. The fraction of sp³-hybridized carbons (Fsp3) is 0.379. The molecular formula is C29H27F3O11S. The van der Waals surface area contributed by atoms with Gasteiger partial charge in [-0.2, -0.15) is 13.2 Å². The summed E-state index contributed by atoms with van der Waals surface area (Å²) in [6.45, 7) is 1.65. The number of phenols is 1. The summed E-state index contributed by atoms with van der Waals surface area (Å²) in [7, 11) is 2.39. The quantitative estimate of drug-likeness (QED) is 0.260. The molecule has 1 aliphatic rings. The molecule has 4 atom stereocenters. The molecule has 3 aromatic rings. The van der Waals surface area contributed by atoms with Gasteiger partial charge in [0.1, 0.15) is 16.7 Å². The number of carbonyl (C=O) groups is 3. The van der Waals surface area contributed by atoms with Gasteiger partial charge in [-0.05, 0) is 31.0 Å². The van der Waals surface area contributed by atoms with Crippen LogP contribution >= 0.6 is 11.8 Å². The lowest BCUT2D eigenvalue weighted by Crippen LogP contribution is -2.56. The third-order valence-corrected chi connectivity index (χ3v) is 8.65. The molecule has 1 aromatic heterocycles. The molecular weight excluding hydrogens is 613 g/mol. The Kier molecular flexibility index (Phi) is 9.05. The molecule has 2 N–H and O–H groups in total. The summed E-state index contributed by atoms with van der Waals surface area (Å²) < 4.78 is 68.2. The molecule has 236 valence electrons. The number of rotatable bonds is 9. The SMILES string of the molecule is COC(=O)[C@@H](C[C@@](O)(C(=O)OC)[C@@H]1Cc2c(oc3cc(C)cc(O)c3c2=O)S1)OC(=O)[C@@](OC)(c1ccccc1)C(F)(F)F. The normalized spacial score (nSPS) is 18.0. The third-order valence-electron chi connectivity index (χ3n) is 7.27. The first-order valence-electron chi connectivity index (χ1n) is 12.9. The van der Waals surface area contributed by atoms with Crippen molar-refractivity contribution in [1.29, 1.82) is 0 Å². The number of esters is 3. The first kappa shape index (κ1) is 32.8. The lowest BCUT2D eigenvalue weighted by molar-refractivity contribution is -0.279. The van der Waals surface area contributed by atoms with E-state index in [4.69, 9.17) is 18.6 Å². The highest BCUT2D eigenvalue weighted by Crippen LogP contribution is 2.46. The molecule has 0 fully saturated rings. The van der Waals surface area contributed by atoms with E-state index in [1.807, 2.05) is 0 Å². The minimum absolute atomic E-state index is 0.00834. The molecule has 0 saturated heterocycles. The average Bonchev–Trinajstić information content (AvgIpc) is 3.41. The maximum absolute atomic E-state index is 14.4. The van der Waals surface area contributed by atoms with Crippen molar-refractivity contribution in [2.45, 2.75) is 53.6 Å². The van der Waals surface area contributed by atoms with Crippen molar-refractivity contribution >= 4 is 40.6 Å². The van der Waals surface area contributed by atoms with E-state index in [0.29, 0.717) is 12.7 Å². The van der Waals surface area contributed by atoms with Gasteiger partial charge in [0.25, 0.3) is 5.60 Å². The number of phenolic OH excluding ortho intramolecular Hbond substituents is 1. The van der Waals surface area contributed by atoms with Gasteiger partial charge in [-0.3, -0.25) is 4.79 Å². The zero-order valence-electron chi connectivity index (χ0n) is 23.7. The Hall–Kier alpha value is -4.08. The summed E-state index contributed by atoms with van der Waals surface area (Å²) in [4.78, 5) is 52.3. The number of aliphatic hydroxyl groups is 1. The molecule has 0 amide bonds. The van der Waals surface area contributed by atoms with Gasteiger partial charge in [0.2, 0.25) is 11.5 Å². The minimum atomic E-state index is -5.39. The number of aryl methyl sites for hydroxylation is 1. The van der Waals surface area contributed by atoms with Gasteiger partial charge in [-0.15, -0.1) is 0 Å². The van der Waals surface area contributed by atoms with Crippen LogP contribution in [-0.4, -0.2) is 72.6 Å². The molecule has 2 aromatic carbocycles. The van der Waals surface area contributed by atoms with Gasteiger partial charge in [-0.1, -0.05) is 42.1 Å². The minimum Gasteiger partial charge on any atom is -0.507 e. The van der Waals surface area contributed by atoms with Crippen LogP contribution in [0.5, 0.6) is 5.75 Å². The Morgan fingerprint density at radius 3 is 2.30 bits per heavy atom. The Morgan fingerprint density at radius 2 is 1.73 bits per heavy atom. The van der Waals surface area contributed by atoms with Gasteiger partial charge in [0.05, 0.1) is 25.0 Å². The Morgan fingerprint density at radius 1 is 1.07 bits per heavy atom. The van der Waals surface area contributed by atoms with Crippen molar-refractivity contribution in [3.05, 3.63) is 69.4 Å². The number of carbonyl (C=O) groups excluding carboxylic acids is 3. The van der Waals surface area contributed by atoms with E-state index in [0.717, 1.165) is 38.1 Å². The van der Waals surface area contributed by atoms with Crippen molar-refractivity contribution in [1.82, 2.24) is 0 Å². The van der Waals surface area contributed by atoms with Gasteiger partial charge >= 0.3 is 24.1 Å². The monoisotopic (exact) mass is 640 g/mol. The predicted octanol–water partition coefficient (Wildman–Crippen LogP) is 3.31. The van der Waals surface area contributed by atoms with Gasteiger partial charge in [0.15, 0.2) is 10.7 Å². The number of benzene rings is 2. The molecule has 2 heterocycles. The smallest absolute Gasteiger partial charge is 0.432 e. The van der Waals surface area contributed by atoms with Crippen LogP contribution in [0.4, 0.5) is 13.2 Å². The molecule has 0 spiro atoms. The van der Waals surface area contributed by atoms with Crippen LogP contribution in [0.3, 0.4) is 0 Å².